The number of carbonyl (C=O) groups excluding carboxylic acids is 2. The van der Waals surface area contributed by atoms with E-state index in [2.05, 4.69) is 15.9 Å². The van der Waals surface area contributed by atoms with Gasteiger partial charge in [0, 0.05) is 0 Å². The van der Waals surface area contributed by atoms with Crippen molar-refractivity contribution in [2.45, 2.75) is 5.54 Å². The number of hydrogen-bond acceptors (Lipinski definition) is 4. The van der Waals surface area contributed by atoms with Crippen molar-refractivity contribution in [3.63, 3.8) is 0 Å². The zero-order chi connectivity index (χ0) is 22.3. The lowest BCUT2D eigenvalue weighted by Crippen LogP contribution is -2.45. The Labute approximate surface area is 179 Å². The van der Waals surface area contributed by atoms with Crippen LogP contribution in [0.4, 0.5) is 4.79 Å². The molecule has 3 amide bonds. The summed E-state index contributed by atoms with van der Waals surface area (Å²) in [6.45, 7) is -0.851. The number of nitrogens with one attached hydrogen (secondary N) is 1. The number of rotatable bonds is 5. The highest BCUT2D eigenvalue weighted by atomic mass is 31.2. The molecule has 0 aliphatic carbocycles. The molecular weight excluding hydrogens is 419 g/mol. The second-order valence-corrected chi connectivity index (χ2v) is 7.71. The maximum Gasteiger partial charge on any atom is 0.471 e. The van der Waals surface area contributed by atoms with Crippen LogP contribution in [0.2, 0.25) is 0 Å². The maximum atomic E-state index is 13.1. The standard InChI is InChI=1S/C16H15N2O6P.C6H5/c19-14-16(12-7-3-1-4-8-12,13-9-5-2-6-10-13)17-15(20)18(14)11-24-25(21,22)23;1-2-4-6-5-3-1/h1-10H,11H2,(H,17,20)(H2,21,22,23);1-5H. The molecule has 0 saturated carbocycles. The van der Waals surface area contributed by atoms with Crippen LogP contribution in [-0.4, -0.2) is 33.4 Å². The van der Waals surface area contributed by atoms with Crippen molar-refractivity contribution in [2.24, 2.45) is 0 Å². The van der Waals surface area contributed by atoms with E-state index in [1.807, 2.05) is 30.3 Å². The highest BCUT2D eigenvalue weighted by Crippen LogP contribution is 2.39. The average Bonchev–Trinajstić information content (AvgIpc) is 3.05. The normalized spacial score (nSPS) is 15.1. The van der Waals surface area contributed by atoms with Gasteiger partial charge >= 0.3 is 13.9 Å². The maximum absolute atomic E-state index is 13.1. The van der Waals surface area contributed by atoms with Gasteiger partial charge in [0.05, 0.1) is 0 Å². The summed E-state index contributed by atoms with van der Waals surface area (Å²) in [6, 6.07) is 28.9. The minimum absolute atomic E-state index is 0.526. The fourth-order valence-electron chi connectivity index (χ4n) is 3.10. The summed E-state index contributed by atoms with van der Waals surface area (Å²) < 4.78 is 15.2. The summed E-state index contributed by atoms with van der Waals surface area (Å²) in [4.78, 5) is 43.7. The van der Waals surface area contributed by atoms with E-state index < -0.39 is 32.0 Å². The molecule has 0 bridgehead atoms. The fraction of sp³-hybridized carbons (Fsp3) is 0.0909. The van der Waals surface area contributed by atoms with Gasteiger partial charge < -0.3 is 15.1 Å². The van der Waals surface area contributed by atoms with Gasteiger partial charge in [0.15, 0.2) is 5.54 Å². The molecule has 1 aliphatic rings. The first-order chi connectivity index (χ1) is 14.8. The third kappa shape index (κ3) is 5.25. The van der Waals surface area contributed by atoms with Gasteiger partial charge in [-0.05, 0) is 17.2 Å². The average molecular weight is 439 g/mol. The largest absolute Gasteiger partial charge is 0.471 e. The van der Waals surface area contributed by atoms with Gasteiger partial charge in [-0.2, -0.15) is 0 Å². The van der Waals surface area contributed by atoms with Crippen LogP contribution in [0.1, 0.15) is 11.1 Å². The molecule has 9 heteroatoms. The van der Waals surface area contributed by atoms with Gasteiger partial charge in [0.1, 0.15) is 6.73 Å². The van der Waals surface area contributed by atoms with Crippen LogP contribution in [0.5, 0.6) is 0 Å². The molecular formula is C22H20N2O6P. The van der Waals surface area contributed by atoms with Gasteiger partial charge in [-0.15, -0.1) is 0 Å². The minimum atomic E-state index is -4.83. The van der Waals surface area contributed by atoms with Gasteiger partial charge in [-0.3, -0.25) is 9.32 Å². The number of urea groups is 1. The molecule has 31 heavy (non-hydrogen) atoms. The third-order valence-electron chi connectivity index (χ3n) is 4.48. The van der Waals surface area contributed by atoms with E-state index in [4.69, 9.17) is 9.79 Å². The minimum Gasteiger partial charge on any atom is -0.315 e. The van der Waals surface area contributed by atoms with E-state index in [9.17, 15) is 14.2 Å². The number of benzene rings is 3. The van der Waals surface area contributed by atoms with Crippen LogP contribution >= 0.6 is 7.82 Å². The fourth-order valence-corrected chi connectivity index (χ4v) is 3.37. The van der Waals surface area contributed by atoms with Crippen LogP contribution in [0.25, 0.3) is 0 Å². The Balaban J connectivity index is 0.000000391. The van der Waals surface area contributed by atoms with E-state index in [1.54, 1.807) is 60.7 Å². The van der Waals surface area contributed by atoms with Crippen molar-refractivity contribution >= 4 is 19.8 Å². The summed E-state index contributed by atoms with van der Waals surface area (Å²) in [5.74, 6) is -0.677. The zero-order valence-corrected chi connectivity index (χ0v) is 17.2. The molecule has 1 fully saturated rings. The van der Waals surface area contributed by atoms with Crippen molar-refractivity contribution in [1.29, 1.82) is 0 Å². The second kappa shape index (κ2) is 9.68. The Morgan fingerprint density at radius 2 is 1.35 bits per heavy atom. The highest BCUT2D eigenvalue weighted by molar-refractivity contribution is 7.46. The SMILES string of the molecule is O=C1NC(c2ccccc2)(c2ccccc2)C(=O)N1COP(=O)(O)O.[c]1ccccc1. The molecule has 0 atom stereocenters. The predicted octanol–water partition coefficient (Wildman–Crippen LogP) is 3.04. The summed E-state index contributed by atoms with van der Waals surface area (Å²) >= 11 is 0. The molecule has 0 spiro atoms. The first-order valence-corrected chi connectivity index (χ1v) is 10.7. The molecule has 4 rings (SSSR count). The molecule has 1 aliphatic heterocycles. The number of amides is 3. The molecule has 3 aromatic carbocycles. The van der Waals surface area contributed by atoms with E-state index in [1.165, 1.54) is 0 Å². The number of imide groups is 1. The first-order valence-electron chi connectivity index (χ1n) is 9.21. The lowest BCUT2D eigenvalue weighted by atomic mass is 9.83. The lowest BCUT2D eigenvalue weighted by Gasteiger charge is -2.27. The van der Waals surface area contributed by atoms with E-state index in [0.717, 1.165) is 0 Å². The number of nitrogens with zero attached hydrogens (tertiary/aromatic N) is 1. The molecule has 1 saturated heterocycles. The molecule has 1 radical (unpaired) electrons. The van der Waals surface area contributed by atoms with Crippen molar-refractivity contribution < 1.29 is 28.5 Å². The topological polar surface area (TPSA) is 116 Å². The molecule has 8 nitrogen and oxygen atoms in total. The van der Waals surface area contributed by atoms with Gasteiger partial charge in [-0.25, -0.2) is 14.3 Å². The Kier molecular flexibility index (Phi) is 6.99. The summed E-state index contributed by atoms with van der Waals surface area (Å²) in [7, 11) is -4.83. The van der Waals surface area contributed by atoms with E-state index >= 15 is 0 Å². The first kappa shape index (κ1) is 22.4. The molecule has 0 aromatic heterocycles. The third-order valence-corrected chi connectivity index (χ3v) is 4.93. The highest BCUT2D eigenvalue weighted by Gasteiger charge is 2.54. The number of phosphoric ester groups is 1. The second-order valence-electron chi connectivity index (χ2n) is 6.47. The molecule has 3 N–H and O–H groups in total. The Morgan fingerprint density at radius 1 is 0.871 bits per heavy atom. The van der Waals surface area contributed by atoms with Crippen molar-refractivity contribution in [1.82, 2.24) is 10.2 Å². The molecule has 3 aromatic rings. The van der Waals surface area contributed by atoms with Crippen molar-refractivity contribution in [3.05, 3.63) is 108 Å². The van der Waals surface area contributed by atoms with Crippen molar-refractivity contribution in [3.8, 4) is 0 Å². The van der Waals surface area contributed by atoms with Gasteiger partial charge in [0.2, 0.25) is 0 Å². The predicted molar refractivity (Wildman–Crippen MR) is 112 cm³/mol. The lowest BCUT2D eigenvalue weighted by molar-refractivity contribution is -0.132. The van der Waals surface area contributed by atoms with Crippen LogP contribution in [0.15, 0.2) is 91.0 Å². The van der Waals surface area contributed by atoms with Crippen LogP contribution in [0, 0.1) is 6.07 Å². The van der Waals surface area contributed by atoms with E-state index in [-0.39, 0.29) is 0 Å². The van der Waals surface area contributed by atoms with Gasteiger partial charge in [-0.1, -0.05) is 91.0 Å². The summed E-state index contributed by atoms with van der Waals surface area (Å²) in [5, 5.41) is 2.64. The van der Waals surface area contributed by atoms with E-state index in [0.29, 0.717) is 16.0 Å². The van der Waals surface area contributed by atoms with Crippen LogP contribution in [-0.2, 0) is 19.4 Å². The number of phosphoric acid groups is 1. The number of carbonyl (C=O) groups is 2. The summed E-state index contributed by atoms with van der Waals surface area (Å²) in [5.41, 5.74) is -0.436. The van der Waals surface area contributed by atoms with Crippen LogP contribution < -0.4 is 5.32 Å². The Bertz CT molecular complexity index is 991. The Hall–Kier alpha value is -3.29. The monoisotopic (exact) mass is 439 g/mol. The number of hydrogen-bond donors (Lipinski definition) is 3. The van der Waals surface area contributed by atoms with Crippen LogP contribution in [0.3, 0.4) is 0 Å². The Morgan fingerprint density at radius 3 is 1.74 bits per heavy atom. The molecule has 1 heterocycles. The summed E-state index contributed by atoms with van der Waals surface area (Å²) in [6.07, 6.45) is 0. The van der Waals surface area contributed by atoms with Gasteiger partial charge in [0.25, 0.3) is 5.91 Å². The smallest absolute Gasteiger partial charge is 0.315 e. The molecule has 0 unspecified atom stereocenters. The zero-order valence-electron chi connectivity index (χ0n) is 16.3. The molecule has 159 valence electrons. The quantitative estimate of drug-likeness (QED) is 0.416. The van der Waals surface area contributed by atoms with Crippen molar-refractivity contribution in [2.75, 3.05) is 6.73 Å².